The Morgan fingerprint density at radius 2 is 1.91 bits per heavy atom. The zero-order chi connectivity index (χ0) is 24.9. The highest BCUT2D eigenvalue weighted by Gasteiger charge is 2.36. The number of amides is 3. The molecule has 0 saturated carbocycles. The number of phenols is 1. The quantitative estimate of drug-likeness (QED) is 0.168. The lowest BCUT2D eigenvalue weighted by atomic mass is 9.82. The van der Waals surface area contributed by atoms with Crippen molar-refractivity contribution in [2.24, 2.45) is 11.5 Å². The molecule has 1 saturated heterocycles. The van der Waals surface area contributed by atoms with Crippen molar-refractivity contribution in [1.29, 1.82) is 0 Å². The molecule has 0 aromatic heterocycles. The fraction of sp³-hybridized carbons (Fsp3) is 0.474. The predicted molar refractivity (Wildman–Crippen MR) is 114 cm³/mol. The minimum atomic E-state index is -1.60. The number of likely N-dealkylation sites (tertiary alicyclic amines) is 1. The van der Waals surface area contributed by atoms with E-state index in [0.29, 0.717) is 0 Å². The van der Waals surface area contributed by atoms with E-state index in [-0.39, 0.29) is 43.6 Å². The van der Waals surface area contributed by atoms with Gasteiger partial charge in [-0.1, -0.05) is 6.07 Å². The third-order valence-corrected chi connectivity index (χ3v) is 5.05. The van der Waals surface area contributed by atoms with Crippen molar-refractivity contribution in [3.05, 3.63) is 23.3 Å². The normalized spacial score (nSPS) is 15.2. The summed E-state index contributed by atoms with van der Waals surface area (Å²) in [5, 5.41) is 40.1. The number of aromatic hydroxyl groups is 1. The zero-order valence-corrected chi connectivity index (χ0v) is 17.9. The summed E-state index contributed by atoms with van der Waals surface area (Å²) in [7, 11) is -1.60. The number of carboxylic acid groups (broad SMARTS) is 1. The summed E-state index contributed by atoms with van der Waals surface area (Å²) in [5.41, 5.74) is 10.3. The lowest BCUT2D eigenvalue weighted by Crippen LogP contribution is -2.61. The molecule has 2 rings (SSSR count). The van der Waals surface area contributed by atoms with E-state index in [0.717, 1.165) is 0 Å². The number of carbonyl (C=O) groups is 4. The van der Waals surface area contributed by atoms with Crippen LogP contribution in [-0.4, -0.2) is 87.2 Å². The molecule has 1 fully saturated rings. The number of hydrogen-bond acceptors (Lipinski definition) is 9. The topological polar surface area (TPSA) is 226 Å². The van der Waals surface area contributed by atoms with E-state index < -0.39 is 60.3 Å². The molecule has 1 aliphatic rings. The maximum atomic E-state index is 12.5. The van der Waals surface area contributed by atoms with E-state index in [9.17, 15) is 29.4 Å². The van der Waals surface area contributed by atoms with Crippen molar-refractivity contribution < 1.29 is 44.2 Å². The monoisotopic (exact) mass is 466 g/mol. The van der Waals surface area contributed by atoms with Gasteiger partial charge in [0, 0.05) is 0 Å². The molecule has 180 valence electrons. The molecule has 33 heavy (non-hydrogen) atoms. The lowest BCUT2D eigenvalue weighted by Gasteiger charge is -2.40. The number of rotatable bonds is 11. The molecule has 1 heterocycles. The Kier molecular flexibility index (Phi) is 8.62. The van der Waals surface area contributed by atoms with Crippen LogP contribution in [0, 0.1) is 0 Å². The maximum absolute atomic E-state index is 12.5. The van der Waals surface area contributed by atoms with Crippen LogP contribution in [0.1, 0.15) is 29.3 Å². The van der Waals surface area contributed by atoms with Gasteiger partial charge in [0.15, 0.2) is 0 Å². The molecular formula is C19H27BN4O9. The van der Waals surface area contributed by atoms with Crippen LogP contribution in [0.4, 0.5) is 0 Å². The molecule has 13 nitrogen and oxygen atoms in total. The van der Waals surface area contributed by atoms with E-state index in [1.807, 2.05) is 0 Å². The fourth-order valence-electron chi connectivity index (χ4n) is 3.24. The third kappa shape index (κ3) is 6.81. The Hall–Kier alpha value is -3.36. The van der Waals surface area contributed by atoms with Crippen molar-refractivity contribution in [2.75, 3.05) is 13.1 Å². The van der Waals surface area contributed by atoms with Gasteiger partial charge in [-0.2, -0.15) is 0 Å². The zero-order valence-electron chi connectivity index (χ0n) is 17.9. The van der Waals surface area contributed by atoms with E-state index in [1.54, 1.807) is 0 Å². The van der Waals surface area contributed by atoms with Gasteiger partial charge in [-0.15, -0.1) is 0 Å². The molecular weight excluding hydrogens is 439 g/mol. The van der Waals surface area contributed by atoms with Crippen LogP contribution in [-0.2, 0) is 20.8 Å². The van der Waals surface area contributed by atoms with Crippen LogP contribution < -0.4 is 21.5 Å². The van der Waals surface area contributed by atoms with Gasteiger partial charge in [0.05, 0.1) is 25.6 Å². The van der Waals surface area contributed by atoms with Crippen LogP contribution in [0.3, 0.4) is 0 Å². The van der Waals surface area contributed by atoms with E-state index in [1.165, 1.54) is 24.0 Å². The molecule has 1 aromatic rings. The van der Waals surface area contributed by atoms with Crippen LogP contribution >= 0.6 is 0 Å². The summed E-state index contributed by atoms with van der Waals surface area (Å²) >= 11 is 0. The second kappa shape index (κ2) is 11.0. The van der Waals surface area contributed by atoms with Gasteiger partial charge >= 0.3 is 13.1 Å². The molecule has 14 heteroatoms. The highest BCUT2D eigenvalue weighted by Crippen LogP contribution is 2.34. The third-order valence-electron chi connectivity index (χ3n) is 5.05. The van der Waals surface area contributed by atoms with Gasteiger partial charge in [-0.05, 0) is 31.3 Å². The fourth-order valence-corrected chi connectivity index (χ4v) is 3.24. The second-order valence-corrected chi connectivity index (χ2v) is 7.76. The average molecular weight is 466 g/mol. The van der Waals surface area contributed by atoms with E-state index >= 15 is 0 Å². The molecule has 0 radical (unpaired) electrons. The maximum Gasteiger partial charge on any atom is 0.451 e. The van der Waals surface area contributed by atoms with Gasteiger partial charge in [0.25, 0.3) is 0 Å². The molecule has 0 unspecified atom stereocenters. The van der Waals surface area contributed by atoms with Crippen LogP contribution in [0.2, 0.25) is 6.32 Å². The summed E-state index contributed by atoms with van der Waals surface area (Å²) < 4.78 is 5.64. The predicted octanol–water partition coefficient (Wildman–Crippen LogP) is -2.60. The molecule has 0 bridgehead atoms. The lowest BCUT2D eigenvalue weighted by molar-refractivity contribution is -0.143. The largest absolute Gasteiger partial charge is 0.507 e. The second-order valence-electron chi connectivity index (χ2n) is 7.76. The molecule has 2 atom stereocenters. The number of primary amides is 1. The number of aromatic carboxylic acids is 1. The molecule has 0 aliphatic carbocycles. The first-order valence-electron chi connectivity index (χ1n) is 10.1. The molecule has 0 spiro atoms. The Bertz CT molecular complexity index is 921. The number of carboxylic acids is 1. The minimum absolute atomic E-state index is 0.0441. The Morgan fingerprint density at radius 1 is 1.27 bits per heavy atom. The summed E-state index contributed by atoms with van der Waals surface area (Å²) in [6, 6.07) is 0.692. The Labute approximate surface area is 189 Å². The van der Waals surface area contributed by atoms with Crippen LogP contribution in [0.25, 0.3) is 0 Å². The first-order chi connectivity index (χ1) is 15.4. The van der Waals surface area contributed by atoms with Crippen LogP contribution in [0.5, 0.6) is 11.5 Å². The standard InChI is InChI=1S/C19H27BN4O9/c1-9(23-17(27)12(21)6-14(22)25)18(28)24-7-11(8-24)33-13-3-2-10(4-5-20(31)32)16(26)15(13)19(29)30/h2-3,9,11-12,26,31-32H,4-8,21H2,1H3,(H2,22,25)(H,23,27)(H,29,30)/t9-,12-/m1/s1. The van der Waals surface area contributed by atoms with Crippen LogP contribution in [0.15, 0.2) is 12.1 Å². The van der Waals surface area contributed by atoms with Crippen molar-refractivity contribution in [2.45, 2.75) is 44.3 Å². The summed E-state index contributed by atoms with van der Waals surface area (Å²) in [6.45, 7) is 1.68. The SMILES string of the molecule is C[C@@H](NC(=O)[C@H](N)CC(N)=O)C(=O)N1CC(Oc2ccc(CCB(O)O)c(O)c2C(=O)O)C1. The first-order valence-corrected chi connectivity index (χ1v) is 10.1. The van der Waals surface area contributed by atoms with Gasteiger partial charge in [0.2, 0.25) is 17.7 Å². The smallest absolute Gasteiger partial charge is 0.451 e. The number of aryl methyl sites for hydroxylation is 1. The number of nitrogens with one attached hydrogen (secondary N) is 1. The molecule has 9 N–H and O–H groups in total. The molecule has 1 aliphatic heterocycles. The number of carbonyl (C=O) groups excluding carboxylic acids is 3. The van der Waals surface area contributed by atoms with Gasteiger partial charge in [0.1, 0.15) is 29.2 Å². The van der Waals surface area contributed by atoms with Crippen molar-refractivity contribution in [3.8, 4) is 11.5 Å². The van der Waals surface area contributed by atoms with Crippen molar-refractivity contribution >= 4 is 30.8 Å². The summed E-state index contributed by atoms with van der Waals surface area (Å²) in [6.07, 6.45) is -0.946. The van der Waals surface area contributed by atoms with Gasteiger partial charge < -0.3 is 46.7 Å². The Morgan fingerprint density at radius 3 is 2.45 bits per heavy atom. The Balaban J connectivity index is 1.95. The number of hydrogen-bond donors (Lipinski definition) is 7. The highest BCUT2D eigenvalue weighted by molar-refractivity contribution is 6.41. The number of nitrogens with zero attached hydrogens (tertiary/aromatic N) is 1. The number of ether oxygens (including phenoxy) is 1. The van der Waals surface area contributed by atoms with E-state index in [4.69, 9.17) is 26.3 Å². The number of benzene rings is 1. The van der Waals surface area contributed by atoms with E-state index in [2.05, 4.69) is 5.32 Å². The average Bonchev–Trinajstić information content (AvgIpc) is 2.67. The highest BCUT2D eigenvalue weighted by atomic mass is 16.5. The van der Waals surface area contributed by atoms with Gasteiger partial charge in [-0.25, -0.2) is 4.79 Å². The summed E-state index contributed by atoms with van der Waals surface area (Å²) in [4.78, 5) is 48.2. The van der Waals surface area contributed by atoms with Crippen molar-refractivity contribution in [1.82, 2.24) is 10.2 Å². The molecule has 1 aromatic carbocycles. The molecule has 3 amide bonds. The number of nitrogens with two attached hydrogens (primary N) is 2. The first kappa shape index (κ1) is 25.9. The summed E-state index contributed by atoms with van der Waals surface area (Å²) in [5.74, 6) is -3.91. The van der Waals surface area contributed by atoms with Gasteiger partial charge in [-0.3, -0.25) is 14.4 Å². The van der Waals surface area contributed by atoms with Crippen molar-refractivity contribution in [3.63, 3.8) is 0 Å². The minimum Gasteiger partial charge on any atom is -0.507 e.